The Hall–Kier alpha value is -1.56. The van der Waals surface area contributed by atoms with Crippen LogP contribution in [0.15, 0.2) is 69.9 Å². The van der Waals surface area contributed by atoms with Gasteiger partial charge in [-0.2, -0.15) is 0 Å². The van der Waals surface area contributed by atoms with Crippen molar-refractivity contribution in [2.24, 2.45) is 11.8 Å². The van der Waals surface area contributed by atoms with Gasteiger partial charge in [0.05, 0.1) is 0 Å². The lowest BCUT2D eigenvalue weighted by atomic mass is 9.90. The van der Waals surface area contributed by atoms with Crippen LogP contribution in [-0.2, 0) is 0 Å². The molecule has 0 N–H and O–H groups in total. The van der Waals surface area contributed by atoms with E-state index < -0.39 is 0 Å². The fourth-order valence-corrected chi connectivity index (χ4v) is 3.30. The minimum Gasteiger partial charge on any atom is -0.0655 e. The molecule has 0 heterocycles. The van der Waals surface area contributed by atoms with Crippen LogP contribution in [0.2, 0.25) is 0 Å². The Bertz CT molecular complexity index is 554. The van der Waals surface area contributed by atoms with Crippen molar-refractivity contribution in [3.05, 3.63) is 69.9 Å². The van der Waals surface area contributed by atoms with Crippen LogP contribution < -0.4 is 0 Å². The molecule has 0 saturated heterocycles. The van der Waals surface area contributed by atoms with E-state index in [1.807, 2.05) is 0 Å². The highest BCUT2D eigenvalue weighted by molar-refractivity contribution is 5.53. The standard InChI is InChI=1S/C22H30/c1-15(2)19-9-7-11-21(19)17(5)13-14-18(6)22-12-8-10-20(22)16(3)4/h7-12,15-16H,13-14H2,1-6H3/b21-17-,22-18-. The van der Waals surface area contributed by atoms with E-state index in [9.17, 15) is 0 Å². The molecule has 2 aliphatic carbocycles. The number of allylic oxidation sites excluding steroid dienone is 12. The van der Waals surface area contributed by atoms with Gasteiger partial charge in [-0.05, 0) is 60.8 Å². The molecule has 0 bridgehead atoms. The Morgan fingerprint density at radius 1 is 0.727 bits per heavy atom. The van der Waals surface area contributed by atoms with Crippen LogP contribution in [0.3, 0.4) is 0 Å². The second-order valence-electron chi connectivity index (χ2n) is 7.16. The van der Waals surface area contributed by atoms with Crippen molar-refractivity contribution in [2.75, 3.05) is 0 Å². The zero-order chi connectivity index (χ0) is 16.3. The number of rotatable bonds is 5. The fraction of sp³-hybridized carbons (Fsp3) is 0.455. The summed E-state index contributed by atoms with van der Waals surface area (Å²) in [6, 6.07) is 0. The summed E-state index contributed by atoms with van der Waals surface area (Å²) in [4.78, 5) is 0. The molecule has 0 saturated carbocycles. The van der Waals surface area contributed by atoms with E-state index in [4.69, 9.17) is 0 Å². The Morgan fingerprint density at radius 2 is 1.09 bits per heavy atom. The Kier molecular flexibility index (Phi) is 5.45. The van der Waals surface area contributed by atoms with Crippen molar-refractivity contribution in [3.63, 3.8) is 0 Å². The van der Waals surface area contributed by atoms with Crippen LogP contribution in [0.4, 0.5) is 0 Å². The van der Waals surface area contributed by atoms with Crippen LogP contribution in [0, 0.1) is 11.8 Å². The molecule has 0 radical (unpaired) electrons. The molecule has 0 aliphatic heterocycles. The maximum Gasteiger partial charge on any atom is -0.0213 e. The maximum atomic E-state index is 2.29. The van der Waals surface area contributed by atoms with Crippen molar-refractivity contribution in [2.45, 2.75) is 54.4 Å². The van der Waals surface area contributed by atoms with Crippen LogP contribution in [0.1, 0.15) is 54.4 Å². The fourth-order valence-electron chi connectivity index (χ4n) is 3.30. The van der Waals surface area contributed by atoms with Gasteiger partial charge in [-0.1, -0.05) is 75.3 Å². The first-order chi connectivity index (χ1) is 10.4. The molecule has 0 aromatic heterocycles. The predicted octanol–water partition coefficient (Wildman–Crippen LogP) is 6.70. The van der Waals surface area contributed by atoms with Crippen molar-refractivity contribution in [1.82, 2.24) is 0 Å². The van der Waals surface area contributed by atoms with E-state index in [1.165, 1.54) is 33.4 Å². The van der Waals surface area contributed by atoms with Gasteiger partial charge in [0.1, 0.15) is 0 Å². The minimum atomic E-state index is 0.604. The SMILES string of the molecule is C/C(CC/C(C)=C1/C=CC=C1C(C)C)=C1\C=CC=C1C(C)C. The molecule has 0 amide bonds. The van der Waals surface area contributed by atoms with Crippen molar-refractivity contribution in [3.8, 4) is 0 Å². The molecule has 0 aromatic carbocycles. The highest BCUT2D eigenvalue weighted by atomic mass is 14.2. The average Bonchev–Trinajstić information content (AvgIpc) is 3.12. The molecule has 2 aliphatic rings. The maximum absolute atomic E-state index is 2.29. The second kappa shape index (κ2) is 7.13. The molecular weight excluding hydrogens is 264 g/mol. The van der Waals surface area contributed by atoms with Crippen molar-refractivity contribution >= 4 is 0 Å². The van der Waals surface area contributed by atoms with E-state index in [2.05, 4.69) is 78.0 Å². The molecule has 0 spiro atoms. The third-order valence-corrected chi connectivity index (χ3v) is 4.74. The summed E-state index contributed by atoms with van der Waals surface area (Å²) in [7, 11) is 0. The topological polar surface area (TPSA) is 0 Å². The molecule has 0 heteroatoms. The first-order valence-corrected chi connectivity index (χ1v) is 8.58. The van der Waals surface area contributed by atoms with Crippen LogP contribution in [-0.4, -0.2) is 0 Å². The summed E-state index contributed by atoms with van der Waals surface area (Å²) in [6.07, 6.45) is 15.8. The molecule has 2 rings (SSSR count). The monoisotopic (exact) mass is 294 g/mol. The zero-order valence-electron chi connectivity index (χ0n) is 15.0. The first kappa shape index (κ1) is 16.8. The Morgan fingerprint density at radius 3 is 1.41 bits per heavy atom. The molecule has 0 fully saturated rings. The van der Waals surface area contributed by atoms with Crippen molar-refractivity contribution < 1.29 is 0 Å². The van der Waals surface area contributed by atoms with Crippen LogP contribution >= 0.6 is 0 Å². The largest absolute Gasteiger partial charge is 0.0655 e. The Labute approximate surface area is 136 Å². The van der Waals surface area contributed by atoms with E-state index >= 15 is 0 Å². The van der Waals surface area contributed by atoms with Crippen LogP contribution in [0.5, 0.6) is 0 Å². The summed E-state index contributed by atoms with van der Waals surface area (Å²) < 4.78 is 0. The molecule has 22 heavy (non-hydrogen) atoms. The summed E-state index contributed by atoms with van der Waals surface area (Å²) in [5.41, 5.74) is 8.96. The quantitative estimate of drug-likeness (QED) is 0.529. The molecule has 118 valence electrons. The first-order valence-electron chi connectivity index (χ1n) is 8.58. The molecule has 0 unspecified atom stereocenters. The van der Waals surface area contributed by atoms with Gasteiger partial charge < -0.3 is 0 Å². The van der Waals surface area contributed by atoms with Gasteiger partial charge in [0.15, 0.2) is 0 Å². The minimum absolute atomic E-state index is 0.604. The van der Waals surface area contributed by atoms with E-state index in [0.717, 1.165) is 12.8 Å². The van der Waals surface area contributed by atoms with Crippen LogP contribution in [0.25, 0.3) is 0 Å². The van der Waals surface area contributed by atoms with Gasteiger partial charge >= 0.3 is 0 Å². The van der Waals surface area contributed by atoms with Crippen molar-refractivity contribution in [1.29, 1.82) is 0 Å². The Balaban J connectivity index is 2.10. The average molecular weight is 294 g/mol. The lowest BCUT2D eigenvalue weighted by Gasteiger charge is -2.15. The summed E-state index contributed by atoms with van der Waals surface area (Å²) in [5.74, 6) is 1.21. The lowest BCUT2D eigenvalue weighted by molar-refractivity contribution is 0.773. The lowest BCUT2D eigenvalue weighted by Crippen LogP contribution is -1.99. The highest BCUT2D eigenvalue weighted by Crippen LogP contribution is 2.33. The second-order valence-corrected chi connectivity index (χ2v) is 7.16. The molecule has 0 aromatic rings. The van der Waals surface area contributed by atoms with Gasteiger partial charge in [0, 0.05) is 0 Å². The van der Waals surface area contributed by atoms with E-state index in [0.29, 0.717) is 11.8 Å². The molecule has 0 nitrogen and oxygen atoms in total. The van der Waals surface area contributed by atoms with E-state index in [-0.39, 0.29) is 0 Å². The summed E-state index contributed by atoms with van der Waals surface area (Å²) >= 11 is 0. The van der Waals surface area contributed by atoms with E-state index in [1.54, 1.807) is 0 Å². The highest BCUT2D eigenvalue weighted by Gasteiger charge is 2.15. The third kappa shape index (κ3) is 3.61. The van der Waals surface area contributed by atoms with Gasteiger partial charge in [0.25, 0.3) is 0 Å². The summed E-state index contributed by atoms with van der Waals surface area (Å²) in [6.45, 7) is 13.7. The van der Waals surface area contributed by atoms with Gasteiger partial charge in [-0.25, -0.2) is 0 Å². The smallest absolute Gasteiger partial charge is 0.0213 e. The van der Waals surface area contributed by atoms with Gasteiger partial charge in [0.2, 0.25) is 0 Å². The number of hydrogen-bond donors (Lipinski definition) is 0. The number of hydrogen-bond acceptors (Lipinski definition) is 0. The normalized spacial score (nSPS) is 21.8. The predicted molar refractivity (Wildman–Crippen MR) is 98.8 cm³/mol. The summed E-state index contributed by atoms with van der Waals surface area (Å²) in [5, 5.41) is 0. The third-order valence-electron chi connectivity index (χ3n) is 4.74. The van der Waals surface area contributed by atoms with Gasteiger partial charge in [-0.3, -0.25) is 0 Å². The van der Waals surface area contributed by atoms with Gasteiger partial charge in [-0.15, -0.1) is 0 Å². The molecule has 0 atom stereocenters. The zero-order valence-corrected chi connectivity index (χ0v) is 15.0. The molecular formula is C22H30.